The molecule has 15 nitrogen and oxygen atoms in total. The SMILES string of the molecule is Cc1sc2c(c1C)C(c1ccc(Cl)cc1)=N[C@@H](CC(=O)NCCOCCOCCN(C)c1ncc(C(=O)NC3C(C)(C)C(Oc4ccc(C#N)c(Cl)c4)C3(C)C)cn1)c1nnc(C)n1-2. The molecule has 1 fully saturated rings. The molecule has 2 aromatic carbocycles. The summed E-state index contributed by atoms with van der Waals surface area (Å²) in [5.74, 6) is 1.93. The lowest BCUT2D eigenvalue weighted by molar-refractivity contribution is -0.164. The van der Waals surface area contributed by atoms with Crippen LogP contribution in [0, 0.1) is 42.9 Å². The molecule has 0 bridgehead atoms. The molecule has 3 aromatic heterocycles. The van der Waals surface area contributed by atoms with Gasteiger partial charge in [-0.1, -0.05) is 63.0 Å². The lowest BCUT2D eigenvalue weighted by Crippen LogP contribution is -2.74. The molecule has 336 valence electrons. The van der Waals surface area contributed by atoms with E-state index >= 15 is 0 Å². The number of halogens is 2. The van der Waals surface area contributed by atoms with E-state index in [0.717, 1.165) is 33.2 Å². The zero-order valence-electron chi connectivity index (χ0n) is 37.2. The first-order valence-corrected chi connectivity index (χ1v) is 22.6. The molecule has 0 radical (unpaired) electrons. The molecule has 2 amide bonds. The van der Waals surface area contributed by atoms with E-state index in [9.17, 15) is 14.9 Å². The molecular weight excluding hydrogens is 876 g/mol. The standard InChI is InChI=1S/C46H52Cl2N10O5S/c1-26-27(2)64-41-37(26)38(29-9-12-32(47)13-10-29)53-35(39-56-55-28(3)58(39)41)22-36(59)50-15-17-61-19-20-62-18-16-57(8)44-51-24-31(25-52-44)40(60)54-42-45(4,5)43(46(42,6)7)63-33-14-11-30(23-49)34(48)21-33/h9-14,21,24-25,35,42-43H,15-20,22H2,1-8H3,(H,50,59)(H,54,60)/t35-,42?,43?/m0/s1. The van der Waals surface area contributed by atoms with Crippen LogP contribution >= 0.6 is 34.5 Å². The van der Waals surface area contributed by atoms with E-state index in [0.29, 0.717) is 78.2 Å². The van der Waals surface area contributed by atoms with Crippen molar-refractivity contribution in [3.05, 3.63) is 109 Å². The van der Waals surface area contributed by atoms with Gasteiger partial charge in [-0.05, 0) is 50.6 Å². The van der Waals surface area contributed by atoms with Gasteiger partial charge in [-0.2, -0.15) is 5.26 Å². The molecule has 0 unspecified atom stereocenters. The number of rotatable bonds is 17. The zero-order chi connectivity index (χ0) is 45.9. The van der Waals surface area contributed by atoms with Crippen molar-refractivity contribution in [2.24, 2.45) is 15.8 Å². The normalized spacial score (nSPS) is 18.1. The van der Waals surface area contributed by atoms with Gasteiger partial charge in [0.15, 0.2) is 5.82 Å². The average Bonchev–Trinajstić information content (AvgIpc) is 3.75. The van der Waals surface area contributed by atoms with Gasteiger partial charge in [0, 0.05) is 76.5 Å². The van der Waals surface area contributed by atoms with Crippen LogP contribution in [0.1, 0.15) is 89.3 Å². The minimum absolute atomic E-state index is 0.0887. The zero-order valence-corrected chi connectivity index (χ0v) is 39.5. The summed E-state index contributed by atoms with van der Waals surface area (Å²) in [6.07, 6.45) is 2.90. The minimum atomic E-state index is -0.557. The fraction of sp³-hybridized carbons (Fsp3) is 0.435. The van der Waals surface area contributed by atoms with E-state index in [1.807, 2.05) is 75.4 Å². The number of carbonyl (C=O) groups is 2. The summed E-state index contributed by atoms with van der Waals surface area (Å²) >= 11 is 14.1. The van der Waals surface area contributed by atoms with Crippen molar-refractivity contribution in [2.45, 2.75) is 73.1 Å². The topological polar surface area (TPSA) is 182 Å². The second kappa shape index (κ2) is 19.3. The quantitative estimate of drug-likeness (QED) is 0.0887. The van der Waals surface area contributed by atoms with Gasteiger partial charge >= 0.3 is 0 Å². The number of hydrogen-bond donors (Lipinski definition) is 2. The van der Waals surface area contributed by atoms with Crippen LogP contribution in [0.4, 0.5) is 5.95 Å². The number of fused-ring (bicyclic) bond motifs is 3. The van der Waals surface area contributed by atoms with Crippen LogP contribution in [0.15, 0.2) is 59.9 Å². The van der Waals surface area contributed by atoms with Crippen LogP contribution in [-0.2, 0) is 14.3 Å². The second-order valence-corrected chi connectivity index (χ2v) is 19.2. The van der Waals surface area contributed by atoms with Crippen LogP contribution < -0.4 is 20.3 Å². The smallest absolute Gasteiger partial charge is 0.254 e. The summed E-state index contributed by atoms with van der Waals surface area (Å²) in [4.78, 5) is 43.7. The third-order valence-electron chi connectivity index (χ3n) is 11.9. The molecule has 4 heterocycles. The van der Waals surface area contributed by atoms with Crippen molar-refractivity contribution in [1.82, 2.24) is 35.4 Å². The highest BCUT2D eigenvalue weighted by Crippen LogP contribution is 2.55. The Morgan fingerprint density at radius 1 is 0.953 bits per heavy atom. The molecule has 7 rings (SSSR count). The van der Waals surface area contributed by atoms with E-state index in [2.05, 4.69) is 50.7 Å². The summed E-state index contributed by atoms with van der Waals surface area (Å²) in [5.41, 5.74) is 3.76. The molecular formula is C46H52Cl2N10O5S. The van der Waals surface area contributed by atoms with Gasteiger partial charge in [0.25, 0.3) is 5.91 Å². The van der Waals surface area contributed by atoms with Crippen LogP contribution in [0.5, 0.6) is 5.75 Å². The Labute approximate surface area is 387 Å². The molecule has 0 saturated heterocycles. The highest BCUT2D eigenvalue weighted by Gasteiger charge is 2.64. The molecule has 1 aliphatic carbocycles. The first-order valence-electron chi connectivity index (χ1n) is 21.0. The molecule has 1 atom stereocenters. The van der Waals surface area contributed by atoms with Crippen molar-refractivity contribution in [1.29, 1.82) is 5.26 Å². The third kappa shape index (κ3) is 9.64. The van der Waals surface area contributed by atoms with Gasteiger partial charge in [-0.25, -0.2) is 9.97 Å². The average molecular weight is 928 g/mol. The highest BCUT2D eigenvalue weighted by atomic mass is 35.5. The number of amides is 2. The Bertz CT molecular complexity index is 2570. The number of likely N-dealkylation sites (N-methyl/N-ethyl adjacent to an activating group) is 1. The number of benzene rings is 2. The number of nitriles is 1. The van der Waals surface area contributed by atoms with Crippen LogP contribution in [-0.4, -0.2) is 101 Å². The summed E-state index contributed by atoms with van der Waals surface area (Å²) in [5, 5.41) is 26.1. The molecule has 64 heavy (non-hydrogen) atoms. The number of nitrogens with zero attached hydrogens (tertiary/aromatic N) is 8. The Kier molecular flexibility index (Phi) is 14.1. The van der Waals surface area contributed by atoms with Crippen LogP contribution in [0.2, 0.25) is 10.0 Å². The fourth-order valence-corrected chi connectivity index (χ4v) is 10.3. The molecule has 2 aliphatic rings. The predicted octanol–water partition coefficient (Wildman–Crippen LogP) is 7.40. The fourth-order valence-electron chi connectivity index (χ4n) is 8.71. The summed E-state index contributed by atoms with van der Waals surface area (Å²) in [7, 11) is 1.85. The second-order valence-electron chi connectivity index (χ2n) is 17.2. The number of hydrogen-bond acceptors (Lipinski definition) is 13. The monoisotopic (exact) mass is 926 g/mol. The lowest BCUT2D eigenvalue weighted by atomic mass is 9.49. The maximum absolute atomic E-state index is 13.3. The van der Waals surface area contributed by atoms with E-state index in [1.54, 1.807) is 29.5 Å². The molecule has 5 aromatic rings. The number of carbonyl (C=O) groups excluding carboxylic acids is 2. The van der Waals surface area contributed by atoms with Crippen molar-refractivity contribution in [3.63, 3.8) is 0 Å². The number of aromatic nitrogens is 5. The molecule has 0 spiro atoms. The van der Waals surface area contributed by atoms with E-state index in [4.69, 9.17) is 42.4 Å². The van der Waals surface area contributed by atoms with Gasteiger partial charge in [-0.3, -0.25) is 19.1 Å². The Morgan fingerprint density at radius 3 is 2.31 bits per heavy atom. The van der Waals surface area contributed by atoms with Crippen molar-refractivity contribution < 1.29 is 23.8 Å². The maximum atomic E-state index is 13.3. The Hall–Kier alpha value is -5.44. The first kappa shape index (κ1) is 46.5. The van der Waals surface area contributed by atoms with Gasteiger partial charge < -0.3 is 29.7 Å². The Morgan fingerprint density at radius 2 is 1.64 bits per heavy atom. The van der Waals surface area contributed by atoms with E-state index < -0.39 is 16.9 Å². The minimum Gasteiger partial charge on any atom is -0.489 e. The summed E-state index contributed by atoms with van der Waals surface area (Å²) in [6, 6.07) is 13.9. The lowest BCUT2D eigenvalue weighted by Gasteiger charge is -2.63. The maximum Gasteiger partial charge on any atom is 0.254 e. The van der Waals surface area contributed by atoms with Gasteiger partial charge in [0.1, 0.15) is 34.8 Å². The predicted molar refractivity (Wildman–Crippen MR) is 247 cm³/mol. The van der Waals surface area contributed by atoms with E-state index in [1.165, 1.54) is 17.3 Å². The molecule has 2 N–H and O–H groups in total. The van der Waals surface area contributed by atoms with Gasteiger partial charge in [-0.15, -0.1) is 21.5 Å². The Balaban J connectivity index is 0.818. The van der Waals surface area contributed by atoms with E-state index in [-0.39, 0.29) is 30.4 Å². The summed E-state index contributed by atoms with van der Waals surface area (Å²) < 4.78 is 19.9. The number of anilines is 1. The number of nitrogens with one attached hydrogen (secondary N) is 2. The van der Waals surface area contributed by atoms with Gasteiger partial charge in [0.05, 0.1) is 54.7 Å². The number of aryl methyl sites for hydroxylation is 2. The van der Waals surface area contributed by atoms with Gasteiger partial charge in [0.2, 0.25) is 11.9 Å². The molecule has 1 saturated carbocycles. The summed E-state index contributed by atoms with van der Waals surface area (Å²) in [6.45, 7) is 16.6. The van der Waals surface area contributed by atoms with Crippen LogP contribution in [0.25, 0.3) is 5.00 Å². The molecule has 18 heteroatoms. The van der Waals surface area contributed by atoms with Crippen molar-refractivity contribution in [3.8, 4) is 16.8 Å². The number of aliphatic imine (C=N–C) groups is 1. The molecule has 1 aliphatic heterocycles. The first-order chi connectivity index (χ1) is 30.5. The van der Waals surface area contributed by atoms with Crippen LogP contribution in [0.3, 0.4) is 0 Å². The number of ether oxygens (including phenoxy) is 3. The highest BCUT2D eigenvalue weighted by molar-refractivity contribution is 7.15. The van der Waals surface area contributed by atoms with Crippen molar-refractivity contribution in [2.75, 3.05) is 51.5 Å². The third-order valence-corrected chi connectivity index (χ3v) is 13.7. The largest absolute Gasteiger partial charge is 0.489 e. The van der Waals surface area contributed by atoms with Crippen molar-refractivity contribution >= 4 is 58.0 Å². The number of thiophene rings is 1.